The summed E-state index contributed by atoms with van der Waals surface area (Å²) < 4.78 is 21.2. The molecule has 1 amide bonds. The van der Waals surface area contributed by atoms with Gasteiger partial charge in [-0.25, -0.2) is 14.2 Å². The zero-order chi connectivity index (χ0) is 27.0. The molecule has 0 aliphatic heterocycles. The number of halogens is 3. The lowest BCUT2D eigenvalue weighted by Gasteiger charge is -2.48. The Labute approximate surface area is 229 Å². The van der Waals surface area contributed by atoms with Crippen LogP contribution >= 0.6 is 23.2 Å². The molecular weight excluding hydrogens is 528 g/mol. The molecule has 0 N–H and O–H groups in total. The lowest BCUT2D eigenvalue weighted by Crippen LogP contribution is -2.54. The number of hydrogen-bond donors (Lipinski definition) is 0. The summed E-state index contributed by atoms with van der Waals surface area (Å²) in [5.41, 5.74) is 1.84. The second-order valence-electron chi connectivity index (χ2n) is 9.47. The van der Waals surface area contributed by atoms with Crippen molar-refractivity contribution in [1.82, 2.24) is 9.55 Å². The van der Waals surface area contributed by atoms with Crippen LogP contribution in [0.2, 0.25) is 10.0 Å². The summed E-state index contributed by atoms with van der Waals surface area (Å²) >= 11 is 12.9. The molecule has 1 aliphatic rings. The molecule has 0 unspecified atom stereocenters. The van der Waals surface area contributed by atoms with Gasteiger partial charge in [-0.1, -0.05) is 29.6 Å². The second-order valence-corrected chi connectivity index (χ2v) is 10.3. The lowest BCUT2D eigenvalue weighted by molar-refractivity contribution is -0.119. The zero-order valence-electron chi connectivity index (χ0n) is 21.0. The van der Waals surface area contributed by atoms with Crippen LogP contribution in [0.3, 0.4) is 0 Å². The van der Waals surface area contributed by atoms with Crippen LogP contribution in [0.25, 0.3) is 22.4 Å². The van der Waals surface area contributed by atoms with E-state index in [1.165, 1.54) is 32.2 Å². The number of nitrogens with zero attached hydrogens (tertiary/aromatic N) is 3. The van der Waals surface area contributed by atoms with Crippen LogP contribution in [0.5, 0.6) is 0 Å². The van der Waals surface area contributed by atoms with Crippen molar-refractivity contribution in [3.05, 3.63) is 82.1 Å². The second kappa shape index (κ2) is 10.4. The summed E-state index contributed by atoms with van der Waals surface area (Å²) in [6.45, 7) is 1.50. The fraction of sp³-hybridized carbons (Fsp3) is 0.276. The van der Waals surface area contributed by atoms with Gasteiger partial charge in [0.25, 0.3) is 0 Å². The van der Waals surface area contributed by atoms with Crippen LogP contribution in [0.1, 0.15) is 49.4 Å². The smallest absolute Gasteiger partial charge is 0.337 e. The molecular formula is C29H26Cl2FN3O3. The molecule has 0 atom stereocenters. The van der Waals surface area contributed by atoms with Crippen molar-refractivity contribution in [2.75, 3.05) is 12.0 Å². The normalized spacial score (nSPS) is 14.9. The number of rotatable bonds is 5. The number of methoxy groups -OCH3 is 1. The highest BCUT2D eigenvalue weighted by molar-refractivity contribution is 6.34. The predicted molar refractivity (Wildman–Crippen MR) is 147 cm³/mol. The maximum Gasteiger partial charge on any atom is 0.337 e. The Bertz CT molecular complexity index is 1530. The van der Waals surface area contributed by atoms with E-state index in [1.54, 1.807) is 35.2 Å². The minimum atomic E-state index is -0.887. The molecule has 0 spiro atoms. The average Bonchev–Trinajstić information content (AvgIpc) is 3.29. The highest BCUT2D eigenvalue weighted by atomic mass is 35.5. The molecule has 5 rings (SSSR count). The fourth-order valence-corrected chi connectivity index (χ4v) is 5.94. The number of hydrogen-bond acceptors (Lipinski definition) is 4. The summed E-state index contributed by atoms with van der Waals surface area (Å²) in [4.78, 5) is 32.2. The van der Waals surface area contributed by atoms with Gasteiger partial charge in [0, 0.05) is 23.6 Å². The maximum absolute atomic E-state index is 14.3. The van der Waals surface area contributed by atoms with E-state index in [0.29, 0.717) is 40.4 Å². The van der Waals surface area contributed by atoms with E-state index < -0.39 is 17.4 Å². The SMILES string of the molecule is COC(=O)c1ccc(N(C(C)=O)C2(n3c(-c4ccc(Cl)cc4)nc4cc(F)ccc43)CCCCC2)c(Cl)c1. The van der Waals surface area contributed by atoms with Crippen molar-refractivity contribution in [1.29, 1.82) is 0 Å². The molecule has 0 radical (unpaired) electrons. The Balaban J connectivity index is 1.80. The number of benzene rings is 3. The number of amides is 1. The van der Waals surface area contributed by atoms with E-state index in [-0.39, 0.29) is 16.5 Å². The number of ether oxygens (including phenoxy) is 1. The first kappa shape index (κ1) is 26.2. The number of fused-ring (bicyclic) bond motifs is 1. The summed E-state index contributed by atoms with van der Waals surface area (Å²) in [6.07, 6.45) is 4.00. The van der Waals surface area contributed by atoms with Crippen molar-refractivity contribution in [3.63, 3.8) is 0 Å². The minimum absolute atomic E-state index is 0.217. The number of anilines is 1. The monoisotopic (exact) mass is 553 g/mol. The molecule has 9 heteroatoms. The van der Waals surface area contributed by atoms with Crippen LogP contribution in [0.4, 0.5) is 10.1 Å². The number of aromatic nitrogens is 2. The molecule has 1 fully saturated rings. The average molecular weight is 554 g/mol. The fourth-order valence-electron chi connectivity index (χ4n) is 5.55. The van der Waals surface area contributed by atoms with Gasteiger partial charge in [-0.15, -0.1) is 0 Å². The van der Waals surface area contributed by atoms with E-state index in [9.17, 15) is 14.0 Å². The molecule has 6 nitrogen and oxygen atoms in total. The summed E-state index contributed by atoms with van der Waals surface area (Å²) in [7, 11) is 1.30. The predicted octanol–water partition coefficient (Wildman–Crippen LogP) is 7.61. The van der Waals surface area contributed by atoms with Gasteiger partial charge in [-0.05, 0) is 80.3 Å². The van der Waals surface area contributed by atoms with Crippen molar-refractivity contribution in [3.8, 4) is 11.4 Å². The molecule has 1 saturated carbocycles. The first-order valence-corrected chi connectivity index (χ1v) is 13.1. The van der Waals surface area contributed by atoms with Crippen LogP contribution in [0.15, 0.2) is 60.7 Å². The van der Waals surface area contributed by atoms with E-state index in [2.05, 4.69) is 4.57 Å². The maximum atomic E-state index is 14.3. The minimum Gasteiger partial charge on any atom is -0.465 e. The van der Waals surface area contributed by atoms with Gasteiger partial charge in [0.15, 0.2) is 0 Å². The number of carbonyl (C=O) groups is 2. The van der Waals surface area contributed by atoms with Gasteiger partial charge in [0.05, 0.1) is 34.4 Å². The molecule has 1 aromatic heterocycles. The third-order valence-electron chi connectivity index (χ3n) is 7.13. The van der Waals surface area contributed by atoms with E-state index in [0.717, 1.165) is 24.8 Å². The molecule has 196 valence electrons. The van der Waals surface area contributed by atoms with E-state index in [1.807, 2.05) is 12.1 Å². The van der Waals surface area contributed by atoms with Gasteiger partial charge in [-0.3, -0.25) is 14.3 Å². The molecule has 4 aromatic rings. The quantitative estimate of drug-likeness (QED) is 0.238. The summed E-state index contributed by atoms with van der Waals surface area (Å²) in [5.74, 6) is -0.538. The standard InChI is InChI=1S/C29H26Cl2FN3O3/c1-18(36)34(25-12-8-20(16-23(25)31)28(37)38-2)29(14-4-3-5-15-29)35-26-13-11-22(32)17-24(26)33-27(35)19-6-9-21(30)10-7-19/h6-13,16-17H,3-5,14-15H2,1-2H3. The summed E-state index contributed by atoms with van der Waals surface area (Å²) in [6, 6.07) is 16.6. The van der Waals surface area contributed by atoms with Gasteiger partial charge >= 0.3 is 5.97 Å². The topological polar surface area (TPSA) is 64.4 Å². The van der Waals surface area contributed by atoms with Crippen molar-refractivity contribution >= 4 is 51.8 Å². The lowest BCUT2D eigenvalue weighted by atomic mass is 9.85. The zero-order valence-corrected chi connectivity index (χ0v) is 22.5. The Hall–Kier alpha value is -3.42. The van der Waals surface area contributed by atoms with Gasteiger partial charge in [0.2, 0.25) is 5.91 Å². The Morgan fingerprint density at radius 1 is 1.00 bits per heavy atom. The number of imidazole rings is 1. The van der Waals surface area contributed by atoms with Crippen LogP contribution in [-0.2, 0) is 15.2 Å². The van der Waals surface area contributed by atoms with Crippen molar-refractivity contribution < 1.29 is 18.7 Å². The van der Waals surface area contributed by atoms with Crippen LogP contribution in [-0.4, -0.2) is 28.5 Å². The highest BCUT2D eigenvalue weighted by Crippen LogP contribution is 2.47. The Kier molecular flexibility index (Phi) is 7.16. The van der Waals surface area contributed by atoms with Gasteiger partial charge in [0.1, 0.15) is 17.3 Å². The van der Waals surface area contributed by atoms with Crippen molar-refractivity contribution in [2.45, 2.75) is 44.7 Å². The Morgan fingerprint density at radius 3 is 2.34 bits per heavy atom. The number of carbonyl (C=O) groups excluding carboxylic acids is 2. The molecule has 3 aromatic carbocycles. The molecule has 0 bridgehead atoms. The van der Waals surface area contributed by atoms with E-state index >= 15 is 0 Å². The molecule has 38 heavy (non-hydrogen) atoms. The first-order chi connectivity index (χ1) is 18.2. The van der Waals surface area contributed by atoms with Crippen LogP contribution < -0.4 is 4.90 Å². The number of esters is 1. The third-order valence-corrected chi connectivity index (χ3v) is 7.69. The summed E-state index contributed by atoms with van der Waals surface area (Å²) in [5, 5.41) is 0.828. The molecule has 0 saturated heterocycles. The van der Waals surface area contributed by atoms with Crippen LogP contribution in [0, 0.1) is 5.82 Å². The van der Waals surface area contributed by atoms with Gasteiger partial charge < -0.3 is 4.74 Å². The Morgan fingerprint density at radius 2 is 1.71 bits per heavy atom. The third kappa shape index (κ3) is 4.54. The molecule has 1 aliphatic carbocycles. The largest absolute Gasteiger partial charge is 0.465 e. The first-order valence-electron chi connectivity index (χ1n) is 12.4. The van der Waals surface area contributed by atoms with Crippen molar-refractivity contribution in [2.24, 2.45) is 0 Å². The van der Waals surface area contributed by atoms with Gasteiger partial charge in [-0.2, -0.15) is 0 Å². The molecule has 1 heterocycles. The van der Waals surface area contributed by atoms with E-state index in [4.69, 9.17) is 32.9 Å². The highest BCUT2D eigenvalue weighted by Gasteiger charge is 2.45.